The third kappa shape index (κ3) is 10.4. The van der Waals surface area contributed by atoms with Crippen LogP contribution in [0.4, 0.5) is 4.79 Å². The number of phenolic OH excluding ortho intramolecular Hbond substituents is 1. The lowest BCUT2D eigenvalue weighted by atomic mass is 9.90. The second kappa shape index (κ2) is 14.9. The number of benzene rings is 1. The number of carbonyl (C=O) groups excluding carboxylic acids is 4. The van der Waals surface area contributed by atoms with E-state index in [1.54, 1.807) is 52.8 Å². The molecular weight excluding hydrogens is 514 g/mol. The summed E-state index contributed by atoms with van der Waals surface area (Å²) in [6.45, 7) is 18.2. The van der Waals surface area contributed by atoms with Crippen molar-refractivity contribution in [2.24, 2.45) is 5.92 Å². The molecular formula is C30H49N3O7. The Morgan fingerprint density at radius 2 is 1.68 bits per heavy atom. The van der Waals surface area contributed by atoms with E-state index in [4.69, 9.17) is 9.47 Å². The molecule has 1 aromatic rings. The Kier molecular flexibility index (Phi) is 12.9. The van der Waals surface area contributed by atoms with E-state index in [0.29, 0.717) is 18.4 Å². The number of aryl methyl sites for hydroxylation is 1. The summed E-state index contributed by atoms with van der Waals surface area (Å²) in [5.41, 5.74) is -0.869. The van der Waals surface area contributed by atoms with Gasteiger partial charge in [0.25, 0.3) is 0 Å². The lowest BCUT2D eigenvalue weighted by Gasteiger charge is -2.45. The first-order valence-electron chi connectivity index (χ1n) is 14.0. The normalized spacial score (nSPS) is 13.3. The molecule has 0 fully saturated rings. The van der Waals surface area contributed by atoms with Crippen molar-refractivity contribution in [3.63, 3.8) is 0 Å². The van der Waals surface area contributed by atoms with Crippen molar-refractivity contribution in [2.75, 3.05) is 13.2 Å². The van der Waals surface area contributed by atoms with Gasteiger partial charge in [0.15, 0.2) is 0 Å². The molecule has 0 saturated carbocycles. The largest absolute Gasteiger partial charge is 0.507 e. The van der Waals surface area contributed by atoms with Gasteiger partial charge in [-0.1, -0.05) is 39.0 Å². The number of esters is 1. The molecule has 2 atom stereocenters. The van der Waals surface area contributed by atoms with E-state index in [1.807, 2.05) is 34.6 Å². The summed E-state index contributed by atoms with van der Waals surface area (Å²) in [5.74, 6) is -1.60. The summed E-state index contributed by atoms with van der Waals surface area (Å²) in [5, 5.41) is 16.5. The molecule has 0 aliphatic carbocycles. The van der Waals surface area contributed by atoms with Gasteiger partial charge in [0, 0.05) is 17.6 Å². The maximum absolute atomic E-state index is 14.4. The first-order chi connectivity index (χ1) is 18.4. The molecule has 0 aromatic heterocycles. The Hall–Kier alpha value is -3.30. The zero-order valence-electron chi connectivity index (χ0n) is 25.8. The lowest BCUT2D eigenvalue weighted by Crippen LogP contribution is -2.59. The van der Waals surface area contributed by atoms with Gasteiger partial charge in [-0.05, 0) is 72.8 Å². The molecule has 0 aliphatic heterocycles. The van der Waals surface area contributed by atoms with Crippen LogP contribution >= 0.6 is 0 Å². The Balaban J connectivity index is 3.65. The van der Waals surface area contributed by atoms with Crippen LogP contribution in [0.25, 0.3) is 0 Å². The average Bonchev–Trinajstić information content (AvgIpc) is 2.82. The van der Waals surface area contributed by atoms with E-state index in [1.165, 1.54) is 4.90 Å². The summed E-state index contributed by atoms with van der Waals surface area (Å²) in [7, 11) is 0. The molecule has 10 heteroatoms. The predicted octanol–water partition coefficient (Wildman–Crippen LogP) is 4.77. The average molecular weight is 564 g/mol. The molecule has 1 aromatic carbocycles. The van der Waals surface area contributed by atoms with Gasteiger partial charge in [0.05, 0.1) is 13.0 Å². The molecule has 2 unspecified atom stereocenters. The number of para-hydroxylation sites is 1. The third-order valence-electron chi connectivity index (χ3n) is 6.45. The van der Waals surface area contributed by atoms with Crippen LogP contribution in [0.1, 0.15) is 98.7 Å². The van der Waals surface area contributed by atoms with Gasteiger partial charge in [-0.15, -0.1) is 0 Å². The molecule has 226 valence electrons. The molecule has 10 nitrogen and oxygen atoms in total. The Morgan fingerprint density at radius 3 is 2.20 bits per heavy atom. The van der Waals surface area contributed by atoms with E-state index in [-0.39, 0.29) is 36.8 Å². The monoisotopic (exact) mass is 563 g/mol. The maximum atomic E-state index is 14.4. The fraction of sp³-hybridized carbons (Fsp3) is 0.667. The van der Waals surface area contributed by atoms with Crippen molar-refractivity contribution in [3.8, 4) is 5.75 Å². The summed E-state index contributed by atoms with van der Waals surface area (Å²) >= 11 is 0. The summed E-state index contributed by atoms with van der Waals surface area (Å²) in [6.07, 6.45) is -0.0214. The van der Waals surface area contributed by atoms with E-state index in [9.17, 15) is 24.3 Å². The number of amides is 3. The highest BCUT2D eigenvalue weighted by Crippen LogP contribution is 2.37. The van der Waals surface area contributed by atoms with Gasteiger partial charge in [0.2, 0.25) is 11.8 Å². The van der Waals surface area contributed by atoms with Crippen molar-refractivity contribution < 1.29 is 33.8 Å². The maximum Gasteiger partial charge on any atom is 0.408 e. The minimum Gasteiger partial charge on any atom is -0.507 e. The topological polar surface area (TPSA) is 134 Å². The number of phenols is 1. The van der Waals surface area contributed by atoms with Crippen LogP contribution in [0.5, 0.6) is 5.75 Å². The number of carbonyl (C=O) groups is 4. The highest BCUT2D eigenvalue weighted by molar-refractivity contribution is 5.93. The Morgan fingerprint density at radius 1 is 1.05 bits per heavy atom. The Bertz CT molecular complexity index is 1030. The van der Waals surface area contributed by atoms with E-state index in [0.717, 1.165) is 0 Å². The molecule has 0 heterocycles. The zero-order chi connectivity index (χ0) is 30.8. The minimum absolute atomic E-state index is 0.0130. The van der Waals surface area contributed by atoms with Crippen LogP contribution in [-0.2, 0) is 23.9 Å². The number of nitrogens with zero attached hydrogens (tertiary/aromatic N) is 1. The Labute approximate surface area is 239 Å². The molecule has 3 amide bonds. The highest BCUT2D eigenvalue weighted by Gasteiger charge is 2.44. The molecule has 0 aliphatic rings. The number of alkyl carbamates (subject to hydrolysis) is 1. The zero-order valence-corrected chi connectivity index (χ0v) is 25.8. The van der Waals surface area contributed by atoms with Crippen molar-refractivity contribution >= 4 is 23.9 Å². The lowest BCUT2D eigenvalue weighted by molar-refractivity contribution is -0.150. The van der Waals surface area contributed by atoms with Gasteiger partial charge in [-0.25, -0.2) is 4.79 Å². The smallest absolute Gasteiger partial charge is 0.408 e. The second-order valence-electron chi connectivity index (χ2n) is 12.0. The van der Waals surface area contributed by atoms with Gasteiger partial charge in [-0.2, -0.15) is 0 Å². The predicted molar refractivity (Wildman–Crippen MR) is 154 cm³/mol. The number of nitrogens with one attached hydrogen (secondary N) is 2. The molecule has 1 rings (SSSR count). The summed E-state index contributed by atoms with van der Waals surface area (Å²) in [6, 6.07) is 2.76. The minimum atomic E-state index is -1.25. The molecule has 0 radical (unpaired) electrons. The van der Waals surface area contributed by atoms with E-state index < -0.39 is 47.1 Å². The third-order valence-corrected chi connectivity index (χ3v) is 6.45. The summed E-state index contributed by atoms with van der Waals surface area (Å²) in [4.78, 5) is 54.3. The first-order valence-corrected chi connectivity index (χ1v) is 14.0. The van der Waals surface area contributed by atoms with Crippen LogP contribution < -0.4 is 10.6 Å². The number of hydrogen-bond acceptors (Lipinski definition) is 7. The van der Waals surface area contributed by atoms with Gasteiger partial charge in [-0.3, -0.25) is 14.4 Å². The highest BCUT2D eigenvalue weighted by atomic mass is 16.6. The fourth-order valence-corrected chi connectivity index (χ4v) is 4.17. The number of rotatable bonds is 13. The first kappa shape index (κ1) is 34.7. The van der Waals surface area contributed by atoms with Crippen molar-refractivity contribution in [2.45, 2.75) is 112 Å². The molecule has 0 saturated heterocycles. The summed E-state index contributed by atoms with van der Waals surface area (Å²) < 4.78 is 10.4. The number of ether oxygens (including phenoxy) is 2. The van der Waals surface area contributed by atoms with Gasteiger partial charge < -0.3 is 30.1 Å². The number of hydrogen-bond donors (Lipinski definition) is 3. The van der Waals surface area contributed by atoms with Crippen molar-refractivity contribution in [1.29, 1.82) is 0 Å². The van der Waals surface area contributed by atoms with E-state index in [2.05, 4.69) is 10.6 Å². The SMILES string of the molecule is CCOC(=O)CCNC(=O)C(c1cccc(C)c1O)N(C(=O)C(CC(C)C)NC(=O)OC(C)(C)C)C(C)(C)CC. The number of aromatic hydroxyl groups is 1. The molecule has 3 N–H and O–H groups in total. The van der Waals surface area contributed by atoms with Crippen molar-refractivity contribution in [1.82, 2.24) is 15.5 Å². The van der Waals surface area contributed by atoms with Crippen LogP contribution in [0.3, 0.4) is 0 Å². The van der Waals surface area contributed by atoms with Gasteiger partial charge in [0.1, 0.15) is 23.4 Å². The van der Waals surface area contributed by atoms with E-state index >= 15 is 0 Å². The van der Waals surface area contributed by atoms with Crippen LogP contribution in [0, 0.1) is 12.8 Å². The van der Waals surface area contributed by atoms with Crippen molar-refractivity contribution in [3.05, 3.63) is 29.3 Å². The quantitative estimate of drug-likeness (QED) is 0.294. The van der Waals surface area contributed by atoms with Crippen LogP contribution in [0.2, 0.25) is 0 Å². The van der Waals surface area contributed by atoms with Gasteiger partial charge >= 0.3 is 12.1 Å². The fourth-order valence-electron chi connectivity index (χ4n) is 4.17. The van der Waals surface area contributed by atoms with Crippen LogP contribution in [0.15, 0.2) is 18.2 Å². The van der Waals surface area contributed by atoms with Crippen LogP contribution in [-0.4, -0.2) is 64.2 Å². The molecule has 40 heavy (non-hydrogen) atoms. The standard InChI is InChI=1S/C30H49N3O7/c1-11-30(9,10)33(27(37)22(18-19(3)4)32-28(38)40-29(6,7)8)24(21-15-13-14-20(5)25(21)35)26(36)31-17-16-23(34)39-12-2/h13-15,19,22,24,35H,11-12,16-18H2,1-10H3,(H,31,36)(H,32,38). The second-order valence-corrected chi connectivity index (χ2v) is 12.0. The molecule has 0 bridgehead atoms. The molecule has 0 spiro atoms.